The Morgan fingerprint density at radius 2 is 1.48 bits per heavy atom. The smallest absolute Gasteiger partial charge is 0.250 e. The van der Waals surface area contributed by atoms with Crippen LogP contribution in [0.25, 0.3) is 22.4 Å². The van der Waals surface area contributed by atoms with Gasteiger partial charge in [0, 0.05) is 11.8 Å². The van der Waals surface area contributed by atoms with Gasteiger partial charge in [-0.05, 0) is 60.4 Å². The molecule has 0 atom stereocenters. The Hall–Kier alpha value is -2.39. The predicted molar refractivity (Wildman–Crippen MR) is 118 cm³/mol. The van der Waals surface area contributed by atoms with Crippen LogP contribution < -0.4 is 4.43 Å². The lowest BCUT2D eigenvalue weighted by atomic mass is 10.0. The van der Waals surface area contributed by atoms with Crippen LogP contribution in [0.5, 0.6) is 5.75 Å². The molecule has 0 aliphatic rings. The molecule has 0 N–H and O–H groups in total. The summed E-state index contributed by atoms with van der Waals surface area (Å²) >= 11 is 0. The summed E-state index contributed by atoms with van der Waals surface area (Å²) < 4.78 is 6.48. The fourth-order valence-electron chi connectivity index (χ4n) is 2.68. The van der Waals surface area contributed by atoms with Crippen molar-refractivity contribution in [3.63, 3.8) is 0 Å². The van der Waals surface area contributed by atoms with E-state index in [4.69, 9.17) is 4.43 Å². The molecular formula is C24H29NOSi. The maximum absolute atomic E-state index is 6.48. The normalized spacial score (nSPS) is 12.1. The maximum Gasteiger partial charge on any atom is 0.250 e. The van der Waals surface area contributed by atoms with E-state index >= 15 is 0 Å². The molecule has 0 spiro atoms. The standard InChI is InChI=1S/C24H29NOSi/c1-18-10-12-19(13-11-18)23-17-21(14-15-25-23)20-8-7-9-22(16-20)26-27(5,6)24(2,3)4/h7-17H,1-6H3. The third-order valence-electron chi connectivity index (χ3n) is 5.45. The van der Waals surface area contributed by atoms with Crippen molar-refractivity contribution in [1.29, 1.82) is 0 Å². The molecule has 0 amide bonds. The number of aromatic nitrogens is 1. The number of nitrogens with zero attached hydrogens (tertiary/aromatic N) is 1. The lowest BCUT2D eigenvalue weighted by Crippen LogP contribution is -2.43. The van der Waals surface area contributed by atoms with Gasteiger partial charge < -0.3 is 4.43 Å². The second-order valence-electron chi connectivity index (χ2n) is 8.69. The van der Waals surface area contributed by atoms with E-state index < -0.39 is 8.32 Å². The van der Waals surface area contributed by atoms with Gasteiger partial charge in [0.1, 0.15) is 5.75 Å². The third kappa shape index (κ3) is 4.48. The minimum atomic E-state index is -1.85. The van der Waals surface area contributed by atoms with Gasteiger partial charge in [-0.15, -0.1) is 0 Å². The molecule has 1 aromatic heterocycles. The average molecular weight is 376 g/mol. The summed E-state index contributed by atoms with van der Waals surface area (Å²) in [4.78, 5) is 4.55. The van der Waals surface area contributed by atoms with Gasteiger partial charge in [0.15, 0.2) is 0 Å². The number of aryl methyl sites for hydroxylation is 1. The van der Waals surface area contributed by atoms with Crippen LogP contribution in [0, 0.1) is 6.92 Å². The van der Waals surface area contributed by atoms with Crippen LogP contribution in [0.3, 0.4) is 0 Å². The SMILES string of the molecule is Cc1ccc(-c2cc(-c3cccc(O[Si](C)(C)C(C)(C)C)c3)ccn2)cc1. The molecule has 0 unspecified atom stereocenters. The number of pyridine rings is 1. The first-order valence-corrected chi connectivity index (χ1v) is 12.4. The molecule has 3 rings (SSSR count). The summed E-state index contributed by atoms with van der Waals surface area (Å²) in [5.74, 6) is 0.952. The van der Waals surface area contributed by atoms with Crippen LogP contribution in [0.15, 0.2) is 66.9 Å². The highest BCUT2D eigenvalue weighted by Crippen LogP contribution is 2.38. The fourth-order valence-corrected chi connectivity index (χ4v) is 3.70. The highest BCUT2D eigenvalue weighted by Gasteiger charge is 2.38. The Morgan fingerprint density at radius 3 is 2.15 bits per heavy atom. The molecule has 0 bridgehead atoms. The Morgan fingerprint density at radius 1 is 0.815 bits per heavy atom. The molecule has 0 saturated heterocycles. The van der Waals surface area contributed by atoms with Gasteiger partial charge >= 0.3 is 0 Å². The zero-order valence-electron chi connectivity index (χ0n) is 17.2. The van der Waals surface area contributed by atoms with Gasteiger partial charge in [-0.3, -0.25) is 4.98 Å². The highest BCUT2D eigenvalue weighted by atomic mass is 28.4. The van der Waals surface area contributed by atoms with E-state index in [1.807, 2.05) is 6.20 Å². The second kappa shape index (κ2) is 7.32. The van der Waals surface area contributed by atoms with Gasteiger partial charge in [-0.25, -0.2) is 0 Å². The first-order chi connectivity index (χ1) is 12.7. The molecule has 0 fully saturated rings. The Kier molecular flexibility index (Phi) is 5.25. The largest absolute Gasteiger partial charge is 0.543 e. The molecule has 2 nitrogen and oxygen atoms in total. The van der Waals surface area contributed by atoms with Crippen LogP contribution in [0.2, 0.25) is 18.1 Å². The summed E-state index contributed by atoms with van der Waals surface area (Å²) in [5, 5.41) is 0.179. The Balaban J connectivity index is 1.91. The molecule has 3 heteroatoms. The maximum atomic E-state index is 6.48. The van der Waals surface area contributed by atoms with Crippen LogP contribution in [-0.4, -0.2) is 13.3 Å². The van der Waals surface area contributed by atoms with Crippen molar-refractivity contribution in [1.82, 2.24) is 4.98 Å². The minimum absolute atomic E-state index is 0.179. The molecule has 1 heterocycles. The second-order valence-corrected chi connectivity index (χ2v) is 13.4. The Labute approximate surface area is 164 Å². The number of hydrogen-bond acceptors (Lipinski definition) is 2. The summed E-state index contributed by atoms with van der Waals surface area (Å²) in [7, 11) is -1.85. The zero-order chi connectivity index (χ0) is 19.7. The van der Waals surface area contributed by atoms with Crippen LogP contribution in [0.4, 0.5) is 0 Å². The number of hydrogen-bond donors (Lipinski definition) is 0. The molecule has 0 radical (unpaired) electrons. The van der Waals surface area contributed by atoms with E-state index in [2.05, 4.69) is 106 Å². The molecule has 0 aliphatic heterocycles. The summed E-state index contributed by atoms with van der Waals surface area (Å²) in [5.41, 5.74) is 5.69. The monoisotopic (exact) mass is 375 g/mol. The molecule has 2 aromatic carbocycles. The third-order valence-corrected chi connectivity index (χ3v) is 9.81. The molecule has 27 heavy (non-hydrogen) atoms. The number of benzene rings is 2. The van der Waals surface area contributed by atoms with Crippen molar-refractivity contribution in [2.75, 3.05) is 0 Å². The number of rotatable bonds is 4. The quantitative estimate of drug-likeness (QED) is 0.453. The van der Waals surface area contributed by atoms with E-state index in [-0.39, 0.29) is 5.04 Å². The lowest BCUT2D eigenvalue weighted by molar-refractivity contribution is 0.492. The van der Waals surface area contributed by atoms with Gasteiger partial charge in [0.25, 0.3) is 0 Å². The Bertz CT molecular complexity index is 924. The fraction of sp³-hybridized carbons (Fsp3) is 0.292. The molecule has 0 aliphatic carbocycles. The van der Waals surface area contributed by atoms with E-state index in [1.165, 1.54) is 5.56 Å². The van der Waals surface area contributed by atoms with Gasteiger partial charge in [0.05, 0.1) is 5.69 Å². The summed E-state index contributed by atoms with van der Waals surface area (Å²) in [6.07, 6.45) is 1.88. The summed E-state index contributed by atoms with van der Waals surface area (Å²) in [6, 6.07) is 21.1. The van der Waals surface area contributed by atoms with Crippen LogP contribution in [0.1, 0.15) is 26.3 Å². The van der Waals surface area contributed by atoms with Crippen molar-refractivity contribution >= 4 is 8.32 Å². The van der Waals surface area contributed by atoms with Crippen molar-refractivity contribution in [3.8, 4) is 28.1 Å². The van der Waals surface area contributed by atoms with Gasteiger partial charge in [0.2, 0.25) is 8.32 Å². The van der Waals surface area contributed by atoms with Crippen molar-refractivity contribution in [3.05, 3.63) is 72.4 Å². The lowest BCUT2D eigenvalue weighted by Gasteiger charge is -2.36. The van der Waals surface area contributed by atoms with Crippen molar-refractivity contribution in [2.24, 2.45) is 0 Å². The first-order valence-electron chi connectivity index (χ1n) is 9.48. The van der Waals surface area contributed by atoms with Crippen molar-refractivity contribution < 1.29 is 4.43 Å². The minimum Gasteiger partial charge on any atom is -0.543 e. The van der Waals surface area contributed by atoms with Gasteiger partial charge in [-0.1, -0.05) is 62.7 Å². The van der Waals surface area contributed by atoms with E-state index in [1.54, 1.807) is 0 Å². The van der Waals surface area contributed by atoms with E-state index in [0.717, 1.165) is 28.1 Å². The molecular weight excluding hydrogens is 346 g/mol. The van der Waals surface area contributed by atoms with E-state index in [0.29, 0.717) is 0 Å². The molecule has 140 valence electrons. The topological polar surface area (TPSA) is 22.1 Å². The first kappa shape index (κ1) is 19.4. The average Bonchev–Trinajstić information content (AvgIpc) is 2.61. The van der Waals surface area contributed by atoms with Crippen LogP contribution >= 0.6 is 0 Å². The van der Waals surface area contributed by atoms with E-state index in [9.17, 15) is 0 Å². The summed E-state index contributed by atoms with van der Waals surface area (Å²) in [6.45, 7) is 13.4. The van der Waals surface area contributed by atoms with Crippen LogP contribution in [-0.2, 0) is 0 Å². The predicted octanol–water partition coefficient (Wildman–Crippen LogP) is 7.11. The van der Waals surface area contributed by atoms with Crippen molar-refractivity contribution in [2.45, 2.75) is 45.8 Å². The zero-order valence-corrected chi connectivity index (χ0v) is 18.2. The molecule has 3 aromatic rings. The molecule has 0 saturated carbocycles. The van der Waals surface area contributed by atoms with Gasteiger partial charge in [-0.2, -0.15) is 0 Å². The highest BCUT2D eigenvalue weighted by molar-refractivity contribution is 6.74.